The van der Waals surface area contributed by atoms with E-state index in [4.69, 9.17) is 0 Å². The van der Waals surface area contributed by atoms with Gasteiger partial charge in [-0.15, -0.1) is 142 Å². The average Bonchev–Trinajstić information content (AvgIpc) is 3.21. The predicted molar refractivity (Wildman–Crippen MR) is 220 cm³/mol. The average molecular weight is 1090 g/mol. The molecule has 0 unspecified atom stereocenters. The van der Waals surface area contributed by atoms with Crippen LogP contribution >= 0.6 is 0 Å². The summed E-state index contributed by atoms with van der Waals surface area (Å²) in [7, 11) is 0. The van der Waals surface area contributed by atoms with Crippen LogP contribution in [-0.2, 0) is 40.2 Å². The zero-order chi connectivity index (χ0) is 36.4. The Bertz CT molecular complexity index is 1850. The van der Waals surface area contributed by atoms with Gasteiger partial charge in [-0.1, -0.05) is 76.2 Å². The number of aromatic nitrogens is 4. The van der Waals surface area contributed by atoms with Crippen LogP contribution in [0.25, 0.3) is 45.0 Å². The van der Waals surface area contributed by atoms with Gasteiger partial charge in [-0.25, -0.2) is 0 Å². The first-order valence-electron chi connectivity index (χ1n) is 17.0. The van der Waals surface area contributed by atoms with Crippen molar-refractivity contribution in [3.05, 3.63) is 217 Å². The molecule has 0 amide bonds. The normalized spacial score (nSPS) is 9.21. The van der Waals surface area contributed by atoms with E-state index in [9.17, 15) is 0 Å². The molecule has 0 aliphatic heterocycles. The molecule has 0 saturated heterocycles. The van der Waals surface area contributed by atoms with Crippen LogP contribution in [0.3, 0.4) is 0 Å². The van der Waals surface area contributed by atoms with Gasteiger partial charge in [-0.2, -0.15) is 0 Å². The van der Waals surface area contributed by atoms with Crippen LogP contribution in [-0.4, -0.2) is 30.9 Å². The molecule has 8 rings (SSSR count). The van der Waals surface area contributed by atoms with E-state index in [-0.39, 0.29) is 51.2 Å². The molecule has 56 heavy (non-hydrogen) atoms. The predicted octanol–water partition coefficient (Wildman–Crippen LogP) is 9.77. The zero-order valence-corrected chi connectivity index (χ0v) is 36.4. The second-order valence-electron chi connectivity index (χ2n) is 12.0. The maximum atomic E-state index is 4.25. The van der Waals surface area contributed by atoms with Gasteiger partial charge >= 0.3 is 0 Å². The van der Waals surface area contributed by atoms with E-state index < -0.39 is 0 Å². The van der Waals surface area contributed by atoms with E-state index in [1.807, 2.05) is 121 Å². The third-order valence-electron chi connectivity index (χ3n) is 7.64. The van der Waals surface area contributed by atoms with Gasteiger partial charge in [0.15, 0.2) is 0 Å². The first-order valence-corrected chi connectivity index (χ1v) is 17.0. The second kappa shape index (κ2) is 26.5. The minimum absolute atomic E-state index is 0. The molecule has 8 heteroatoms. The summed E-state index contributed by atoms with van der Waals surface area (Å²) in [5.41, 5.74) is 13.0. The minimum Gasteiger partial charge on any atom is -0.412 e. The Labute approximate surface area is 358 Å². The molecule has 0 spiro atoms. The van der Waals surface area contributed by atoms with Crippen molar-refractivity contribution in [1.29, 1.82) is 0 Å². The molecule has 0 bridgehead atoms. The van der Waals surface area contributed by atoms with Crippen LogP contribution in [0.15, 0.2) is 170 Å². The van der Waals surface area contributed by atoms with Gasteiger partial charge in [0, 0.05) is 65.0 Å². The van der Waals surface area contributed by atoms with E-state index in [1.54, 1.807) is 24.8 Å². The van der Waals surface area contributed by atoms with Crippen LogP contribution in [0.1, 0.15) is 22.3 Å². The molecule has 0 fully saturated rings. The number of pyridine rings is 4. The van der Waals surface area contributed by atoms with Crippen molar-refractivity contribution in [3.8, 4) is 45.0 Å². The maximum Gasteiger partial charge on any atom is 0.0160 e. The number of benzene rings is 4. The van der Waals surface area contributed by atoms with Crippen LogP contribution < -0.4 is 0 Å². The molecule has 4 heterocycles. The molecule has 4 aromatic carbocycles. The molecule has 6 nitrogen and oxygen atoms in total. The van der Waals surface area contributed by atoms with E-state index in [2.05, 4.69) is 96.2 Å². The Balaban J connectivity index is 0.000000365. The fourth-order valence-electron chi connectivity index (χ4n) is 4.74. The first-order chi connectivity index (χ1) is 25.4. The van der Waals surface area contributed by atoms with Crippen molar-refractivity contribution in [2.45, 2.75) is 27.7 Å². The first kappa shape index (κ1) is 48.7. The summed E-state index contributed by atoms with van der Waals surface area (Å²) in [5, 5.41) is 0. The summed E-state index contributed by atoms with van der Waals surface area (Å²) in [6, 6.07) is 60.6. The minimum atomic E-state index is 0. The van der Waals surface area contributed by atoms with Crippen molar-refractivity contribution >= 4 is 0 Å². The van der Waals surface area contributed by atoms with Gasteiger partial charge in [0.25, 0.3) is 0 Å². The molecular formula is C48H44Ir2N4O2-4. The van der Waals surface area contributed by atoms with Crippen molar-refractivity contribution in [1.82, 2.24) is 19.9 Å². The molecule has 8 aromatic rings. The molecule has 0 atom stereocenters. The summed E-state index contributed by atoms with van der Waals surface area (Å²) in [4.78, 5) is 17.0. The van der Waals surface area contributed by atoms with E-state index >= 15 is 0 Å². The van der Waals surface area contributed by atoms with Crippen LogP contribution in [0.5, 0.6) is 0 Å². The molecule has 0 aliphatic carbocycles. The topological polar surface area (TPSA) is 115 Å². The van der Waals surface area contributed by atoms with Gasteiger partial charge in [-0.3, -0.25) is 0 Å². The van der Waals surface area contributed by atoms with Crippen molar-refractivity contribution in [2.24, 2.45) is 0 Å². The summed E-state index contributed by atoms with van der Waals surface area (Å²) < 4.78 is 0. The van der Waals surface area contributed by atoms with Gasteiger partial charge in [0.1, 0.15) is 0 Å². The van der Waals surface area contributed by atoms with Gasteiger partial charge in [0.2, 0.25) is 0 Å². The molecular weight excluding hydrogens is 1050 g/mol. The zero-order valence-electron chi connectivity index (χ0n) is 31.6. The largest absolute Gasteiger partial charge is 0.412 e. The summed E-state index contributed by atoms with van der Waals surface area (Å²) in [6.45, 7) is 8.22. The summed E-state index contributed by atoms with van der Waals surface area (Å²) in [5.74, 6) is 0. The summed E-state index contributed by atoms with van der Waals surface area (Å²) >= 11 is 0. The fraction of sp³-hybridized carbons (Fsp3) is 0.0833. The molecule has 4 N–H and O–H groups in total. The molecule has 4 aromatic heterocycles. The number of hydrogen-bond acceptors (Lipinski definition) is 4. The van der Waals surface area contributed by atoms with Crippen LogP contribution in [0, 0.1) is 52.0 Å². The molecule has 2 radical (unpaired) electrons. The molecule has 0 saturated carbocycles. The standard InChI is InChI=1S/4C12H10N.2Ir.2H2O/c4*1-10-5-7-11(8-6-10)12-4-2-3-9-13-12;;;;/h4*2-7,9H,1H3;;;2*1H2/q4*-1;;;;. The van der Waals surface area contributed by atoms with Gasteiger partial charge < -0.3 is 30.9 Å². The van der Waals surface area contributed by atoms with Crippen molar-refractivity contribution in [3.63, 3.8) is 0 Å². The Kier molecular flexibility index (Phi) is 23.0. The number of nitrogens with zero attached hydrogens (tertiary/aromatic N) is 4. The quantitative estimate of drug-likeness (QED) is 0.163. The Morgan fingerprint density at radius 3 is 0.661 bits per heavy atom. The maximum absolute atomic E-state index is 4.25. The van der Waals surface area contributed by atoms with Gasteiger partial charge in [-0.05, 0) is 47.0 Å². The third kappa shape index (κ3) is 16.2. The van der Waals surface area contributed by atoms with Crippen LogP contribution in [0.4, 0.5) is 0 Å². The Morgan fingerprint density at radius 2 is 0.518 bits per heavy atom. The van der Waals surface area contributed by atoms with Gasteiger partial charge in [0.05, 0.1) is 0 Å². The second-order valence-corrected chi connectivity index (χ2v) is 12.0. The van der Waals surface area contributed by atoms with E-state index in [1.165, 1.54) is 22.3 Å². The van der Waals surface area contributed by atoms with Crippen LogP contribution in [0.2, 0.25) is 0 Å². The van der Waals surface area contributed by atoms with Crippen molar-refractivity contribution in [2.75, 3.05) is 0 Å². The smallest absolute Gasteiger partial charge is 0.0160 e. The SMILES string of the molecule is Cc1c[c-]c(-c2ccccn2)cc1.Cc1c[c-]c(-c2ccccn2)cc1.Cc1c[c-]c(-c2ccccn2)cc1.Cc1c[c-]c(-c2ccccn2)cc1.O.O.[Ir].[Ir]. The Hall–Kier alpha value is -5.30. The Morgan fingerprint density at radius 1 is 0.304 bits per heavy atom. The summed E-state index contributed by atoms with van der Waals surface area (Å²) in [6.07, 6.45) is 7.18. The van der Waals surface area contributed by atoms with Crippen molar-refractivity contribution < 1.29 is 51.2 Å². The fourth-order valence-corrected chi connectivity index (χ4v) is 4.74. The third-order valence-corrected chi connectivity index (χ3v) is 7.64. The number of rotatable bonds is 4. The molecule has 0 aliphatic rings. The monoisotopic (exact) mass is 1090 g/mol. The molecule has 290 valence electrons. The van der Waals surface area contributed by atoms with E-state index in [0.29, 0.717) is 0 Å². The number of aryl methyl sites for hydroxylation is 4. The number of hydrogen-bond donors (Lipinski definition) is 0. The van der Waals surface area contributed by atoms with E-state index in [0.717, 1.165) is 45.0 Å².